The molecule has 31 heavy (non-hydrogen) atoms. The molecule has 2 heterocycles. The van der Waals surface area contributed by atoms with Gasteiger partial charge in [-0.05, 0) is 58.7 Å². The molecule has 3 aromatic carbocycles. The van der Waals surface area contributed by atoms with E-state index in [9.17, 15) is 0 Å². The first kappa shape index (κ1) is 18.8. The molecule has 0 saturated heterocycles. The molecular weight excluding hydrogens is 378 g/mol. The van der Waals surface area contributed by atoms with Gasteiger partial charge >= 0.3 is 0 Å². The predicted octanol–water partition coefficient (Wildman–Crippen LogP) is 7.22. The summed E-state index contributed by atoms with van der Waals surface area (Å²) in [5, 5.41) is 3.36. The quantitative estimate of drug-likeness (QED) is 0.339. The Kier molecular flexibility index (Phi) is 5.23. The van der Waals surface area contributed by atoms with E-state index in [4.69, 9.17) is 0 Å². The van der Waals surface area contributed by atoms with Crippen molar-refractivity contribution in [1.29, 1.82) is 0 Å². The van der Waals surface area contributed by atoms with Crippen molar-refractivity contribution in [3.05, 3.63) is 122 Å². The van der Waals surface area contributed by atoms with Gasteiger partial charge in [0, 0.05) is 23.6 Å². The van der Waals surface area contributed by atoms with E-state index in [-0.39, 0.29) is 0 Å². The lowest BCUT2D eigenvalue weighted by molar-refractivity contribution is 1.27. The largest absolute Gasteiger partial charge is 0.340 e. The van der Waals surface area contributed by atoms with Crippen LogP contribution >= 0.6 is 0 Å². The topological polar surface area (TPSA) is 37.8 Å². The lowest BCUT2D eigenvalue weighted by Gasteiger charge is -2.09. The Morgan fingerprint density at radius 3 is 1.61 bits per heavy atom. The average Bonchev–Trinajstić information content (AvgIpc) is 2.86. The Morgan fingerprint density at radius 2 is 1.03 bits per heavy atom. The third kappa shape index (κ3) is 4.36. The summed E-state index contributed by atoms with van der Waals surface area (Å²) in [6.45, 7) is 0. The Bertz CT molecular complexity index is 1250. The van der Waals surface area contributed by atoms with Crippen LogP contribution in [-0.4, -0.2) is 9.97 Å². The number of hydrogen-bond donors (Lipinski definition) is 1. The summed E-state index contributed by atoms with van der Waals surface area (Å²) in [5.41, 5.74) is 7.76. The molecule has 0 atom stereocenters. The fourth-order valence-corrected chi connectivity index (χ4v) is 3.53. The molecule has 5 aromatic rings. The van der Waals surface area contributed by atoms with E-state index in [1.165, 1.54) is 22.3 Å². The Hall–Kier alpha value is -4.24. The van der Waals surface area contributed by atoms with Crippen molar-refractivity contribution < 1.29 is 0 Å². The number of hydrogen-bond acceptors (Lipinski definition) is 3. The molecule has 0 fully saturated rings. The first-order valence-electron chi connectivity index (χ1n) is 10.3. The summed E-state index contributed by atoms with van der Waals surface area (Å²) < 4.78 is 0. The van der Waals surface area contributed by atoms with Crippen LogP contribution in [0.2, 0.25) is 0 Å². The molecule has 0 radical (unpaired) electrons. The molecule has 3 nitrogen and oxygen atoms in total. The Balaban J connectivity index is 1.28. The summed E-state index contributed by atoms with van der Waals surface area (Å²) >= 11 is 0. The van der Waals surface area contributed by atoms with Crippen LogP contribution in [0.15, 0.2) is 122 Å². The zero-order valence-electron chi connectivity index (χ0n) is 16.9. The standard InChI is InChI=1S/C28H21N3/c1-2-6-21(7-3-1)22-9-11-23(12-10-22)24-13-16-26(17-14-24)31-28-18-15-25(20-30-28)27-8-4-5-19-29-27/h1-20H,(H,30,31). The molecule has 3 heteroatoms. The highest BCUT2D eigenvalue weighted by molar-refractivity contribution is 5.72. The molecule has 0 spiro atoms. The summed E-state index contributed by atoms with van der Waals surface area (Å²) in [7, 11) is 0. The SMILES string of the molecule is c1ccc(-c2ccc(-c3ccc(Nc4ccc(-c5ccccn5)cn4)cc3)cc2)cc1. The minimum atomic E-state index is 0.805. The maximum atomic E-state index is 4.52. The van der Waals surface area contributed by atoms with Crippen LogP contribution < -0.4 is 5.32 Å². The monoisotopic (exact) mass is 399 g/mol. The highest BCUT2D eigenvalue weighted by atomic mass is 15.0. The number of rotatable bonds is 5. The summed E-state index contributed by atoms with van der Waals surface area (Å²) in [5.74, 6) is 0.805. The minimum absolute atomic E-state index is 0.805. The van der Waals surface area contributed by atoms with Gasteiger partial charge in [0.15, 0.2) is 0 Å². The predicted molar refractivity (Wildman–Crippen MR) is 128 cm³/mol. The van der Waals surface area contributed by atoms with Gasteiger partial charge in [-0.1, -0.05) is 72.8 Å². The Morgan fingerprint density at radius 1 is 0.452 bits per heavy atom. The van der Waals surface area contributed by atoms with Crippen molar-refractivity contribution in [2.45, 2.75) is 0 Å². The van der Waals surface area contributed by atoms with Crippen LogP contribution in [0.5, 0.6) is 0 Å². The van der Waals surface area contributed by atoms with Crippen molar-refractivity contribution in [2.75, 3.05) is 5.32 Å². The molecule has 0 aliphatic heterocycles. The third-order valence-corrected chi connectivity index (χ3v) is 5.21. The van der Waals surface area contributed by atoms with E-state index in [0.717, 1.165) is 22.8 Å². The van der Waals surface area contributed by atoms with Crippen molar-refractivity contribution in [1.82, 2.24) is 9.97 Å². The van der Waals surface area contributed by atoms with Crippen molar-refractivity contribution >= 4 is 11.5 Å². The molecule has 1 N–H and O–H groups in total. The average molecular weight is 399 g/mol. The lowest BCUT2D eigenvalue weighted by atomic mass is 10.0. The number of pyridine rings is 2. The van der Waals surface area contributed by atoms with Crippen LogP contribution in [0.1, 0.15) is 0 Å². The zero-order chi connectivity index (χ0) is 20.9. The molecule has 0 bridgehead atoms. The molecule has 0 saturated carbocycles. The third-order valence-electron chi connectivity index (χ3n) is 5.21. The lowest BCUT2D eigenvalue weighted by Crippen LogP contribution is -1.93. The maximum Gasteiger partial charge on any atom is 0.130 e. The van der Waals surface area contributed by atoms with Crippen LogP contribution in [0, 0.1) is 0 Å². The van der Waals surface area contributed by atoms with Crippen molar-refractivity contribution in [3.63, 3.8) is 0 Å². The van der Waals surface area contributed by atoms with Crippen LogP contribution in [0.3, 0.4) is 0 Å². The highest BCUT2D eigenvalue weighted by Gasteiger charge is 2.03. The first-order chi connectivity index (χ1) is 15.3. The van der Waals surface area contributed by atoms with E-state index in [1.807, 2.05) is 42.6 Å². The smallest absolute Gasteiger partial charge is 0.130 e. The molecule has 148 valence electrons. The normalized spacial score (nSPS) is 10.6. The van der Waals surface area contributed by atoms with Gasteiger partial charge < -0.3 is 5.32 Å². The summed E-state index contributed by atoms with van der Waals surface area (Å²) in [4.78, 5) is 8.88. The van der Waals surface area contributed by atoms with E-state index < -0.39 is 0 Å². The van der Waals surface area contributed by atoms with E-state index >= 15 is 0 Å². The zero-order valence-corrected chi connectivity index (χ0v) is 16.9. The van der Waals surface area contributed by atoms with Crippen LogP contribution in [-0.2, 0) is 0 Å². The van der Waals surface area contributed by atoms with Gasteiger partial charge in [-0.2, -0.15) is 0 Å². The maximum absolute atomic E-state index is 4.52. The van der Waals surface area contributed by atoms with Gasteiger partial charge in [-0.3, -0.25) is 4.98 Å². The van der Waals surface area contributed by atoms with Gasteiger partial charge in [-0.25, -0.2) is 4.98 Å². The van der Waals surface area contributed by atoms with Gasteiger partial charge in [0.1, 0.15) is 5.82 Å². The second kappa shape index (κ2) is 8.64. The number of aromatic nitrogens is 2. The number of nitrogens with one attached hydrogen (secondary N) is 1. The fraction of sp³-hybridized carbons (Fsp3) is 0. The number of anilines is 2. The molecule has 2 aromatic heterocycles. The second-order valence-electron chi connectivity index (χ2n) is 7.29. The first-order valence-corrected chi connectivity index (χ1v) is 10.3. The van der Waals surface area contributed by atoms with Gasteiger partial charge in [0.25, 0.3) is 0 Å². The molecule has 0 amide bonds. The van der Waals surface area contributed by atoms with Crippen molar-refractivity contribution in [2.24, 2.45) is 0 Å². The second-order valence-corrected chi connectivity index (χ2v) is 7.29. The molecule has 0 aliphatic carbocycles. The molecule has 5 rings (SSSR count). The van der Waals surface area contributed by atoms with E-state index in [0.29, 0.717) is 0 Å². The van der Waals surface area contributed by atoms with Gasteiger partial charge in [-0.15, -0.1) is 0 Å². The molecule has 0 unspecified atom stereocenters. The van der Waals surface area contributed by atoms with E-state index in [2.05, 4.69) is 88.1 Å². The van der Waals surface area contributed by atoms with Crippen LogP contribution in [0.25, 0.3) is 33.5 Å². The number of benzene rings is 3. The number of nitrogens with zero attached hydrogens (tertiary/aromatic N) is 2. The highest BCUT2D eigenvalue weighted by Crippen LogP contribution is 2.26. The fourth-order valence-electron chi connectivity index (χ4n) is 3.53. The van der Waals surface area contributed by atoms with E-state index in [1.54, 1.807) is 6.20 Å². The molecular formula is C28H21N3. The molecule has 0 aliphatic rings. The summed E-state index contributed by atoms with van der Waals surface area (Å²) in [6, 6.07) is 37.4. The summed E-state index contributed by atoms with van der Waals surface area (Å²) in [6.07, 6.45) is 3.63. The van der Waals surface area contributed by atoms with Gasteiger partial charge in [0.05, 0.1) is 5.69 Å². The van der Waals surface area contributed by atoms with Gasteiger partial charge in [0.2, 0.25) is 0 Å². The van der Waals surface area contributed by atoms with Crippen molar-refractivity contribution in [3.8, 4) is 33.5 Å². The Labute approximate surface area is 182 Å². The van der Waals surface area contributed by atoms with Crippen LogP contribution in [0.4, 0.5) is 11.5 Å². The minimum Gasteiger partial charge on any atom is -0.340 e.